The number of hydrogen-bond acceptors (Lipinski definition) is 3. The Bertz CT molecular complexity index is 509. The number of nitrogens with zero attached hydrogens (tertiary/aromatic N) is 3. The molecule has 0 aliphatic rings. The van der Waals surface area contributed by atoms with E-state index in [1.165, 1.54) is 0 Å². The summed E-state index contributed by atoms with van der Waals surface area (Å²) in [6.45, 7) is 0. The molecule has 4 nitrogen and oxygen atoms in total. The number of hydrogen-bond donors (Lipinski definition) is 1. The fourth-order valence-electron chi connectivity index (χ4n) is 1.98. The van der Waals surface area contributed by atoms with Crippen LogP contribution in [-0.4, -0.2) is 21.6 Å². The Morgan fingerprint density at radius 3 is 2.83 bits per heavy atom. The summed E-state index contributed by atoms with van der Waals surface area (Å²) in [4.78, 5) is 8.67. The summed E-state index contributed by atoms with van der Waals surface area (Å²) >= 11 is 6.17. The standard InChI is InChI=1S/C13H17ClN4/c1-15-11(13-10(14)4-3-7-17-13)5-6-12-16-8-9-18(12)2/h3-4,7-9,11,15H,5-6H2,1-2H3. The molecule has 0 saturated carbocycles. The van der Waals surface area contributed by atoms with Crippen molar-refractivity contribution in [1.82, 2.24) is 19.9 Å². The third-order valence-corrected chi connectivity index (χ3v) is 3.36. The molecule has 0 saturated heterocycles. The number of imidazole rings is 1. The van der Waals surface area contributed by atoms with E-state index in [-0.39, 0.29) is 6.04 Å². The summed E-state index contributed by atoms with van der Waals surface area (Å²) in [6, 6.07) is 3.86. The van der Waals surface area contributed by atoms with Gasteiger partial charge in [-0.05, 0) is 25.6 Å². The zero-order valence-electron chi connectivity index (χ0n) is 10.6. The lowest BCUT2D eigenvalue weighted by molar-refractivity contribution is 0.524. The number of aromatic nitrogens is 3. The van der Waals surface area contributed by atoms with Crippen LogP contribution in [0.15, 0.2) is 30.7 Å². The molecule has 96 valence electrons. The molecule has 2 aromatic rings. The molecular formula is C13H17ClN4. The maximum Gasteiger partial charge on any atom is 0.108 e. The third kappa shape index (κ3) is 2.89. The van der Waals surface area contributed by atoms with Gasteiger partial charge in [0.05, 0.1) is 16.8 Å². The van der Waals surface area contributed by atoms with Crippen molar-refractivity contribution in [3.05, 3.63) is 47.3 Å². The van der Waals surface area contributed by atoms with E-state index in [0.29, 0.717) is 5.02 Å². The molecule has 2 rings (SSSR count). The van der Waals surface area contributed by atoms with Gasteiger partial charge in [-0.3, -0.25) is 4.98 Å². The van der Waals surface area contributed by atoms with Gasteiger partial charge in [0.2, 0.25) is 0 Å². The second-order valence-corrected chi connectivity index (χ2v) is 4.61. The van der Waals surface area contributed by atoms with Crippen LogP contribution in [0, 0.1) is 0 Å². The van der Waals surface area contributed by atoms with Gasteiger partial charge >= 0.3 is 0 Å². The molecule has 0 spiro atoms. The van der Waals surface area contributed by atoms with Gasteiger partial charge in [0.1, 0.15) is 5.82 Å². The topological polar surface area (TPSA) is 42.7 Å². The van der Waals surface area contributed by atoms with Crippen LogP contribution in [0.5, 0.6) is 0 Å². The predicted octanol–water partition coefficient (Wildman–Crippen LogP) is 2.36. The molecule has 0 aliphatic heterocycles. The van der Waals surface area contributed by atoms with Crippen molar-refractivity contribution in [2.24, 2.45) is 7.05 Å². The van der Waals surface area contributed by atoms with Gasteiger partial charge in [-0.1, -0.05) is 11.6 Å². The molecule has 0 fully saturated rings. The van der Waals surface area contributed by atoms with Crippen LogP contribution in [-0.2, 0) is 13.5 Å². The molecule has 1 atom stereocenters. The molecule has 0 bridgehead atoms. The molecule has 2 heterocycles. The summed E-state index contributed by atoms with van der Waals surface area (Å²) in [5, 5.41) is 3.96. The van der Waals surface area contributed by atoms with Crippen LogP contribution in [0.25, 0.3) is 0 Å². The van der Waals surface area contributed by atoms with E-state index in [9.17, 15) is 0 Å². The lowest BCUT2D eigenvalue weighted by Gasteiger charge is -2.16. The molecule has 0 radical (unpaired) electrons. The lowest BCUT2D eigenvalue weighted by Crippen LogP contribution is -2.19. The van der Waals surface area contributed by atoms with Crippen LogP contribution in [0.4, 0.5) is 0 Å². The maximum absolute atomic E-state index is 6.17. The van der Waals surface area contributed by atoms with Gasteiger partial charge in [-0.2, -0.15) is 0 Å². The van der Waals surface area contributed by atoms with E-state index in [4.69, 9.17) is 11.6 Å². The largest absolute Gasteiger partial charge is 0.338 e. The van der Waals surface area contributed by atoms with Crippen LogP contribution in [0.1, 0.15) is 24.0 Å². The van der Waals surface area contributed by atoms with Crippen molar-refractivity contribution in [3.63, 3.8) is 0 Å². The zero-order chi connectivity index (χ0) is 13.0. The average Bonchev–Trinajstić information content (AvgIpc) is 2.78. The highest BCUT2D eigenvalue weighted by Gasteiger charge is 2.14. The van der Waals surface area contributed by atoms with Crippen molar-refractivity contribution in [2.75, 3.05) is 7.05 Å². The molecular weight excluding hydrogens is 248 g/mol. The molecule has 0 amide bonds. The fraction of sp³-hybridized carbons (Fsp3) is 0.385. The minimum Gasteiger partial charge on any atom is -0.338 e. The first kappa shape index (κ1) is 13.1. The van der Waals surface area contributed by atoms with Gasteiger partial charge in [-0.15, -0.1) is 0 Å². The van der Waals surface area contributed by atoms with Crippen LogP contribution in [0.2, 0.25) is 5.02 Å². The quantitative estimate of drug-likeness (QED) is 0.902. The maximum atomic E-state index is 6.17. The molecule has 2 aromatic heterocycles. The minimum absolute atomic E-state index is 0.149. The van der Waals surface area contributed by atoms with Crippen LogP contribution < -0.4 is 5.32 Å². The molecule has 0 aliphatic carbocycles. The van der Waals surface area contributed by atoms with Crippen LogP contribution in [0.3, 0.4) is 0 Å². The Labute approximate surface area is 112 Å². The van der Waals surface area contributed by atoms with Crippen molar-refractivity contribution in [3.8, 4) is 0 Å². The molecule has 1 N–H and O–H groups in total. The normalized spacial score (nSPS) is 12.6. The lowest BCUT2D eigenvalue weighted by atomic mass is 10.1. The molecule has 18 heavy (non-hydrogen) atoms. The number of aryl methyl sites for hydroxylation is 2. The summed E-state index contributed by atoms with van der Waals surface area (Å²) in [5.41, 5.74) is 0.899. The predicted molar refractivity (Wildman–Crippen MR) is 72.6 cm³/mol. The van der Waals surface area contributed by atoms with E-state index in [1.807, 2.05) is 43.2 Å². The number of halogens is 1. The van der Waals surface area contributed by atoms with Gasteiger partial charge in [0, 0.05) is 32.1 Å². The van der Waals surface area contributed by atoms with Crippen molar-refractivity contribution >= 4 is 11.6 Å². The second kappa shape index (κ2) is 5.98. The van der Waals surface area contributed by atoms with Gasteiger partial charge in [-0.25, -0.2) is 4.98 Å². The summed E-state index contributed by atoms with van der Waals surface area (Å²) in [5.74, 6) is 1.07. The Hall–Kier alpha value is -1.39. The number of pyridine rings is 1. The van der Waals surface area contributed by atoms with Gasteiger partial charge in [0.25, 0.3) is 0 Å². The van der Waals surface area contributed by atoms with E-state index in [0.717, 1.165) is 24.4 Å². The smallest absolute Gasteiger partial charge is 0.108 e. The summed E-state index contributed by atoms with van der Waals surface area (Å²) < 4.78 is 2.03. The monoisotopic (exact) mass is 264 g/mol. The van der Waals surface area contributed by atoms with Crippen molar-refractivity contribution in [1.29, 1.82) is 0 Å². The summed E-state index contributed by atoms with van der Waals surface area (Å²) in [7, 11) is 3.93. The van der Waals surface area contributed by atoms with Gasteiger partial charge in [0.15, 0.2) is 0 Å². The molecule has 5 heteroatoms. The minimum atomic E-state index is 0.149. The molecule has 1 unspecified atom stereocenters. The summed E-state index contributed by atoms with van der Waals surface area (Å²) in [6.07, 6.45) is 7.35. The first-order valence-electron chi connectivity index (χ1n) is 5.96. The van der Waals surface area contributed by atoms with E-state index in [2.05, 4.69) is 15.3 Å². The Morgan fingerprint density at radius 1 is 1.39 bits per heavy atom. The first-order chi connectivity index (χ1) is 8.72. The highest BCUT2D eigenvalue weighted by molar-refractivity contribution is 6.31. The Morgan fingerprint density at radius 2 is 2.22 bits per heavy atom. The Kier molecular flexibility index (Phi) is 4.33. The number of rotatable bonds is 5. The first-order valence-corrected chi connectivity index (χ1v) is 6.34. The second-order valence-electron chi connectivity index (χ2n) is 4.20. The zero-order valence-corrected chi connectivity index (χ0v) is 11.4. The van der Waals surface area contributed by atoms with E-state index < -0.39 is 0 Å². The average molecular weight is 265 g/mol. The fourth-order valence-corrected chi connectivity index (χ4v) is 2.24. The number of nitrogens with one attached hydrogen (secondary N) is 1. The highest BCUT2D eigenvalue weighted by Crippen LogP contribution is 2.23. The van der Waals surface area contributed by atoms with Crippen LogP contribution >= 0.6 is 11.6 Å². The highest BCUT2D eigenvalue weighted by atomic mass is 35.5. The Balaban J connectivity index is 2.07. The van der Waals surface area contributed by atoms with Crippen molar-refractivity contribution in [2.45, 2.75) is 18.9 Å². The van der Waals surface area contributed by atoms with Gasteiger partial charge < -0.3 is 9.88 Å². The third-order valence-electron chi connectivity index (χ3n) is 3.04. The van der Waals surface area contributed by atoms with Crippen molar-refractivity contribution < 1.29 is 0 Å². The van der Waals surface area contributed by atoms with E-state index >= 15 is 0 Å². The molecule has 0 aromatic carbocycles. The van der Waals surface area contributed by atoms with E-state index in [1.54, 1.807) is 6.20 Å². The SMILES string of the molecule is CNC(CCc1nccn1C)c1ncccc1Cl.